The fourth-order valence-electron chi connectivity index (χ4n) is 5.14. The molecule has 2 aromatic carbocycles. The number of fused-ring (bicyclic) bond motifs is 2. The molecule has 1 saturated carbocycles. The molecule has 3 aliphatic carbocycles. The summed E-state index contributed by atoms with van der Waals surface area (Å²) in [5, 5.41) is 0. The molecular weight excluding hydrogens is 462 g/mol. The van der Waals surface area contributed by atoms with Crippen LogP contribution in [0, 0.1) is 5.41 Å². The van der Waals surface area contributed by atoms with Crippen LogP contribution in [0.5, 0.6) is 0 Å². The van der Waals surface area contributed by atoms with Gasteiger partial charge in [-0.1, -0.05) is 0 Å². The molecule has 1 fully saturated rings. The van der Waals surface area contributed by atoms with Gasteiger partial charge in [-0.25, -0.2) is 0 Å². The van der Waals surface area contributed by atoms with Crippen molar-refractivity contribution in [3.05, 3.63) is 82.9 Å². The van der Waals surface area contributed by atoms with Crippen LogP contribution in [0.15, 0.2) is 60.7 Å². The number of hydrogen-bond acceptors (Lipinski definition) is 0. The van der Waals surface area contributed by atoms with Gasteiger partial charge in [0.1, 0.15) is 0 Å². The molecular formula is C25H25Cl2Zr. The minimum absolute atomic E-state index is 0. The van der Waals surface area contributed by atoms with E-state index in [0.29, 0.717) is 17.3 Å². The average Bonchev–Trinajstić information content (AvgIpc) is 3.14. The summed E-state index contributed by atoms with van der Waals surface area (Å²) in [6.07, 6.45) is 16.6. The van der Waals surface area contributed by atoms with Crippen LogP contribution in [0.3, 0.4) is 0 Å². The third-order valence-corrected chi connectivity index (χ3v) is 7.95. The summed E-state index contributed by atoms with van der Waals surface area (Å²) in [5.41, 5.74) is 6.59. The average molecular weight is 488 g/mol. The zero-order valence-electron chi connectivity index (χ0n) is 16.0. The van der Waals surface area contributed by atoms with Crippen LogP contribution in [-0.4, -0.2) is 0 Å². The first-order valence-electron chi connectivity index (χ1n) is 10.0. The Hall–Kier alpha value is -0.617. The van der Waals surface area contributed by atoms with Crippen LogP contribution in [0.25, 0.3) is 12.2 Å². The van der Waals surface area contributed by atoms with Crippen molar-refractivity contribution in [1.29, 1.82) is 0 Å². The van der Waals surface area contributed by atoms with Crippen molar-refractivity contribution in [3.8, 4) is 0 Å². The monoisotopic (exact) mass is 485 g/mol. The Morgan fingerprint density at radius 3 is 2.18 bits per heavy atom. The summed E-state index contributed by atoms with van der Waals surface area (Å²) < 4.78 is 0.895. The van der Waals surface area contributed by atoms with E-state index < -0.39 is 0 Å². The van der Waals surface area contributed by atoms with E-state index in [0.717, 1.165) is 3.63 Å². The van der Waals surface area contributed by atoms with Crippen LogP contribution in [0.2, 0.25) is 3.63 Å². The van der Waals surface area contributed by atoms with Gasteiger partial charge in [0.05, 0.1) is 0 Å². The van der Waals surface area contributed by atoms with E-state index in [2.05, 4.69) is 72.8 Å². The normalized spacial score (nSPS) is 23.4. The molecule has 143 valence electrons. The van der Waals surface area contributed by atoms with Crippen molar-refractivity contribution in [1.82, 2.24) is 0 Å². The number of rotatable bonds is 6. The Balaban J connectivity index is 0.00000112. The quantitative estimate of drug-likeness (QED) is 0.568. The summed E-state index contributed by atoms with van der Waals surface area (Å²) in [6.45, 7) is 0. The van der Waals surface area contributed by atoms with Crippen molar-refractivity contribution >= 4 is 12.2 Å². The molecule has 5 rings (SSSR count). The van der Waals surface area contributed by atoms with Gasteiger partial charge in [-0.05, 0) is 0 Å². The van der Waals surface area contributed by atoms with Crippen molar-refractivity contribution in [2.75, 3.05) is 0 Å². The SMILES string of the molecule is [Cl-].[Cl-].[Zr+2][CH](CCC1C=Cc2ccccc21)CC1(C2C=Cc3ccccc32)CC1. The molecule has 0 amide bonds. The number of halogens is 2. The molecule has 3 unspecified atom stereocenters. The van der Waals surface area contributed by atoms with E-state index in [1.54, 1.807) is 35.8 Å². The predicted molar refractivity (Wildman–Crippen MR) is 106 cm³/mol. The zero-order valence-corrected chi connectivity index (χ0v) is 19.9. The molecule has 2 aromatic rings. The van der Waals surface area contributed by atoms with E-state index in [1.165, 1.54) is 43.2 Å². The van der Waals surface area contributed by atoms with Gasteiger partial charge in [0, 0.05) is 0 Å². The molecule has 0 spiro atoms. The molecule has 0 nitrogen and oxygen atoms in total. The number of benzene rings is 2. The minimum atomic E-state index is 0. The Kier molecular flexibility index (Phi) is 7.12. The molecule has 0 heterocycles. The third-order valence-electron chi connectivity index (χ3n) is 6.73. The van der Waals surface area contributed by atoms with Crippen LogP contribution < -0.4 is 24.8 Å². The first kappa shape index (κ1) is 22.1. The van der Waals surface area contributed by atoms with Crippen molar-refractivity contribution in [2.24, 2.45) is 5.41 Å². The van der Waals surface area contributed by atoms with Gasteiger partial charge >= 0.3 is 173 Å². The third kappa shape index (κ3) is 4.14. The second kappa shape index (κ2) is 9.03. The van der Waals surface area contributed by atoms with Crippen molar-refractivity contribution < 1.29 is 49.5 Å². The molecule has 28 heavy (non-hydrogen) atoms. The number of hydrogen-bond donors (Lipinski definition) is 0. The van der Waals surface area contributed by atoms with Gasteiger partial charge in [-0.2, -0.15) is 0 Å². The van der Waals surface area contributed by atoms with Crippen molar-refractivity contribution in [2.45, 2.75) is 47.6 Å². The van der Waals surface area contributed by atoms with Gasteiger partial charge in [0.25, 0.3) is 0 Å². The summed E-state index contributed by atoms with van der Waals surface area (Å²) in [6, 6.07) is 17.9. The van der Waals surface area contributed by atoms with E-state index in [1.807, 2.05) is 0 Å². The second-order valence-electron chi connectivity index (χ2n) is 8.40. The Labute approximate surface area is 196 Å². The molecule has 0 aliphatic heterocycles. The summed E-state index contributed by atoms with van der Waals surface area (Å²) in [5.74, 6) is 1.32. The topological polar surface area (TPSA) is 0 Å². The predicted octanol–water partition coefficient (Wildman–Crippen LogP) is 0.901. The van der Waals surface area contributed by atoms with Crippen LogP contribution in [0.1, 0.15) is 66.2 Å². The second-order valence-corrected chi connectivity index (χ2v) is 10.4. The van der Waals surface area contributed by atoms with Gasteiger partial charge in [0.2, 0.25) is 0 Å². The van der Waals surface area contributed by atoms with Crippen LogP contribution in [0.4, 0.5) is 0 Å². The van der Waals surface area contributed by atoms with E-state index >= 15 is 0 Å². The van der Waals surface area contributed by atoms with Crippen LogP contribution >= 0.6 is 0 Å². The molecule has 0 saturated heterocycles. The Bertz CT molecular complexity index is 882. The standard InChI is InChI=1S/C25H25.2ClH.Zr/c1-3-10-22-19(7-1)12-13-20(22)9-5-6-16-25(17-18-25)24-15-14-21-8-2-4-11-23(21)24;;;/h1-4,6-8,10-15,20,24H,5,9,16-18H2;2*1H;/q;;;+2/p-2. The summed E-state index contributed by atoms with van der Waals surface area (Å²) in [4.78, 5) is 0. The van der Waals surface area contributed by atoms with Crippen molar-refractivity contribution in [3.63, 3.8) is 0 Å². The molecule has 3 heteroatoms. The zero-order chi connectivity index (χ0) is 17.6. The van der Waals surface area contributed by atoms with E-state index in [-0.39, 0.29) is 24.8 Å². The molecule has 0 bridgehead atoms. The Morgan fingerprint density at radius 1 is 0.857 bits per heavy atom. The first-order chi connectivity index (χ1) is 12.8. The maximum absolute atomic E-state index is 2.50. The Morgan fingerprint density at radius 2 is 1.46 bits per heavy atom. The summed E-state index contributed by atoms with van der Waals surface area (Å²) >= 11 is 1.73. The molecule has 3 atom stereocenters. The molecule has 0 radical (unpaired) electrons. The number of allylic oxidation sites excluding steroid dienone is 2. The van der Waals surface area contributed by atoms with E-state index in [9.17, 15) is 0 Å². The fourth-order valence-corrected chi connectivity index (χ4v) is 6.54. The van der Waals surface area contributed by atoms with E-state index in [4.69, 9.17) is 0 Å². The van der Waals surface area contributed by atoms with Gasteiger partial charge in [0.15, 0.2) is 0 Å². The van der Waals surface area contributed by atoms with Gasteiger partial charge in [-0.15, -0.1) is 0 Å². The molecule has 3 aliphatic rings. The molecule has 0 aromatic heterocycles. The van der Waals surface area contributed by atoms with Gasteiger partial charge < -0.3 is 24.8 Å². The molecule has 0 N–H and O–H groups in total. The summed E-state index contributed by atoms with van der Waals surface area (Å²) in [7, 11) is 0. The van der Waals surface area contributed by atoms with Gasteiger partial charge in [-0.3, -0.25) is 0 Å². The van der Waals surface area contributed by atoms with Crippen LogP contribution in [-0.2, 0) is 24.7 Å². The maximum atomic E-state index is 2.50. The first-order valence-corrected chi connectivity index (χ1v) is 11.4. The fraction of sp³-hybridized carbons (Fsp3) is 0.360.